The molecule has 0 aliphatic carbocycles. The van der Waals surface area contributed by atoms with E-state index in [9.17, 15) is 18.0 Å². The third-order valence-electron chi connectivity index (χ3n) is 5.84. The molecular formula is C27H39N3O6S. The van der Waals surface area contributed by atoms with Crippen LogP contribution in [0, 0.1) is 0 Å². The number of sulfonamides is 1. The van der Waals surface area contributed by atoms with Crippen LogP contribution in [0.3, 0.4) is 0 Å². The van der Waals surface area contributed by atoms with Gasteiger partial charge in [-0.2, -0.15) is 0 Å². The molecule has 0 heterocycles. The van der Waals surface area contributed by atoms with Gasteiger partial charge in [-0.3, -0.25) is 13.9 Å². The normalized spacial score (nSPS) is 11.9. The highest BCUT2D eigenvalue weighted by Crippen LogP contribution is 2.30. The number of para-hydroxylation sites is 2. The predicted octanol–water partition coefficient (Wildman–Crippen LogP) is 3.58. The first-order valence-electron chi connectivity index (χ1n) is 12.6. The van der Waals surface area contributed by atoms with Gasteiger partial charge in [0.15, 0.2) is 0 Å². The maximum atomic E-state index is 13.8. The molecule has 0 aliphatic heterocycles. The number of carbonyl (C=O) groups excluding carboxylic acids is 2. The molecule has 0 fully saturated rings. The summed E-state index contributed by atoms with van der Waals surface area (Å²) >= 11 is 0. The van der Waals surface area contributed by atoms with Crippen molar-refractivity contribution < 1.29 is 27.5 Å². The topological polar surface area (TPSA) is 105 Å². The summed E-state index contributed by atoms with van der Waals surface area (Å²) in [5.74, 6) is 0.263. The first-order chi connectivity index (χ1) is 17.7. The van der Waals surface area contributed by atoms with Gasteiger partial charge < -0.3 is 19.7 Å². The Kier molecular flexibility index (Phi) is 11.7. The third-order valence-corrected chi connectivity index (χ3v) is 6.97. The van der Waals surface area contributed by atoms with Crippen molar-refractivity contribution in [2.24, 2.45) is 0 Å². The van der Waals surface area contributed by atoms with Gasteiger partial charge in [-0.05, 0) is 49.6 Å². The molecule has 0 saturated carbocycles. The van der Waals surface area contributed by atoms with Gasteiger partial charge in [0.25, 0.3) is 0 Å². The van der Waals surface area contributed by atoms with Crippen LogP contribution in [0.25, 0.3) is 0 Å². The van der Waals surface area contributed by atoms with E-state index in [2.05, 4.69) is 5.32 Å². The van der Waals surface area contributed by atoms with Crippen LogP contribution in [0.4, 0.5) is 5.69 Å². The summed E-state index contributed by atoms with van der Waals surface area (Å²) in [6, 6.07) is 13.1. The fourth-order valence-electron chi connectivity index (χ4n) is 3.89. The molecule has 2 aromatic carbocycles. The van der Waals surface area contributed by atoms with Crippen LogP contribution in [-0.4, -0.2) is 64.2 Å². The first-order valence-corrected chi connectivity index (χ1v) is 14.4. The summed E-state index contributed by atoms with van der Waals surface area (Å²) in [4.78, 5) is 28.3. The van der Waals surface area contributed by atoms with E-state index < -0.39 is 28.5 Å². The number of benzene rings is 2. The zero-order valence-electron chi connectivity index (χ0n) is 22.4. The second-order valence-corrected chi connectivity index (χ2v) is 10.5. The molecule has 1 atom stereocenters. The molecule has 2 rings (SSSR count). The van der Waals surface area contributed by atoms with Gasteiger partial charge in [-0.25, -0.2) is 8.42 Å². The summed E-state index contributed by atoms with van der Waals surface area (Å²) < 4.78 is 37.5. The highest BCUT2D eigenvalue weighted by molar-refractivity contribution is 7.92. The number of anilines is 1. The lowest BCUT2D eigenvalue weighted by Crippen LogP contribution is -2.52. The molecule has 0 aliphatic rings. The summed E-state index contributed by atoms with van der Waals surface area (Å²) in [5, 5.41) is 2.91. The van der Waals surface area contributed by atoms with E-state index in [0.717, 1.165) is 29.0 Å². The number of unbranched alkanes of at least 4 members (excludes halogenated alkanes) is 1. The summed E-state index contributed by atoms with van der Waals surface area (Å²) in [6.45, 7) is 6.16. The Morgan fingerprint density at radius 1 is 1.03 bits per heavy atom. The van der Waals surface area contributed by atoms with Crippen LogP contribution in [0.2, 0.25) is 0 Å². The van der Waals surface area contributed by atoms with Gasteiger partial charge in [0.05, 0.1) is 25.7 Å². The van der Waals surface area contributed by atoms with Gasteiger partial charge in [0.1, 0.15) is 24.1 Å². The van der Waals surface area contributed by atoms with Crippen LogP contribution in [0.15, 0.2) is 48.5 Å². The van der Waals surface area contributed by atoms with Gasteiger partial charge in [-0.15, -0.1) is 0 Å². The Hall–Kier alpha value is -3.27. The summed E-state index contributed by atoms with van der Waals surface area (Å²) in [5.41, 5.74) is 1.06. The number of amides is 2. The third kappa shape index (κ3) is 8.66. The standard InChI is InChI=1S/C27H39N3O6S/c1-6-9-18-28-27(32)23(7-2)29(19-21-14-16-22(35-4)17-15-21)26(31)20-30(37(5,33)34)24-12-10-11-13-25(24)36-8-3/h10-17,23H,6-9,18-20H2,1-5H3,(H,28,32)/t23-/m1/s1. The molecule has 2 amide bonds. The SMILES string of the molecule is CCCCNC(=O)[C@@H](CC)N(Cc1ccc(OC)cc1)C(=O)CN(c1ccccc1OCC)S(C)(=O)=O. The van der Waals surface area contributed by atoms with Crippen LogP contribution >= 0.6 is 0 Å². The van der Waals surface area contributed by atoms with Crippen LogP contribution < -0.4 is 19.1 Å². The van der Waals surface area contributed by atoms with E-state index in [1.807, 2.05) is 26.0 Å². The Morgan fingerprint density at radius 3 is 2.27 bits per heavy atom. The minimum atomic E-state index is -3.85. The molecule has 0 saturated heterocycles. The van der Waals surface area contributed by atoms with Crippen molar-refractivity contribution in [3.63, 3.8) is 0 Å². The molecule has 2 aromatic rings. The maximum absolute atomic E-state index is 13.8. The van der Waals surface area contributed by atoms with Gasteiger partial charge in [0.2, 0.25) is 21.8 Å². The molecule has 0 radical (unpaired) electrons. The van der Waals surface area contributed by atoms with E-state index in [4.69, 9.17) is 9.47 Å². The highest BCUT2D eigenvalue weighted by Gasteiger charge is 2.32. The summed E-state index contributed by atoms with van der Waals surface area (Å²) in [6.07, 6.45) is 3.17. The second kappa shape index (κ2) is 14.5. The van der Waals surface area contributed by atoms with E-state index in [-0.39, 0.29) is 18.1 Å². The number of hydrogen-bond acceptors (Lipinski definition) is 6. The van der Waals surface area contributed by atoms with E-state index in [1.165, 1.54) is 4.90 Å². The highest BCUT2D eigenvalue weighted by atomic mass is 32.2. The Balaban J connectivity index is 2.44. The van der Waals surface area contributed by atoms with E-state index in [1.54, 1.807) is 50.4 Å². The molecule has 9 nitrogen and oxygen atoms in total. The van der Waals surface area contributed by atoms with Crippen molar-refractivity contribution >= 4 is 27.5 Å². The molecule has 10 heteroatoms. The number of nitrogens with one attached hydrogen (secondary N) is 1. The minimum absolute atomic E-state index is 0.132. The van der Waals surface area contributed by atoms with Crippen molar-refractivity contribution in [3.05, 3.63) is 54.1 Å². The van der Waals surface area contributed by atoms with Crippen LogP contribution in [0.1, 0.15) is 45.6 Å². The number of nitrogens with zero attached hydrogens (tertiary/aromatic N) is 2. The largest absolute Gasteiger partial charge is 0.497 e. The zero-order valence-corrected chi connectivity index (χ0v) is 23.2. The fourth-order valence-corrected chi connectivity index (χ4v) is 4.74. The summed E-state index contributed by atoms with van der Waals surface area (Å²) in [7, 11) is -2.28. The maximum Gasteiger partial charge on any atom is 0.244 e. The molecular weight excluding hydrogens is 494 g/mol. The smallest absolute Gasteiger partial charge is 0.244 e. The molecule has 37 heavy (non-hydrogen) atoms. The van der Waals surface area contributed by atoms with Crippen molar-refractivity contribution in [2.45, 2.75) is 52.6 Å². The monoisotopic (exact) mass is 533 g/mol. The lowest BCUT2D eigenvalue weighted by molar-refractivity contribution is -0.140. The quantitative estimate of drug-likeness (QED) is 0.351. The van der Waals surface area contributed by atoms with Gasteiger partial charge in [-0.1, -0.05) is 44.5 Å². The molecule has 0 unspecified atom stereocenters. The average Bonchev–Trinajstić information content (AvgIpc) is 2.87. The molecule has 0 spiro atoms. The van der Waals surface area contributed by atoms with Gasteiger partial charge in [0, 0.05) is 13.1 Å². The number of ether oxygens (including phenoxy) is 2. The molecule has 1 N–H and O–H groups in total. The second-order valence-electron chi connectivity index (χ2n) is 8.61. The average molecular weight is 534 g/mol. The molecule has 0 bridgehead atoms. The van der Waals surface area contributed by atoms with Crippen LogP contribution in [0.5, 0.6) is 11.5 Å². The lowest BCUT2D eigenvalue weighted by atomic mass is 10.1. The first kappa shape index (κ1) is 30.0. The van der Waals surface area contributed by atoms with Crippen molar-refractivity contribution in [1.82, 2.24) is 10.2 Å². The predicted molar refractivity (Wildman–Crippen MR) is 145 cm³/mol. The molecule has 0 aromatic heterocycles. The van der Waals surface area contributed by atoms with E-state index >= 15 is 0 Å². The van der Waals surface area contributed by atoms with Crippen molar-refractivity contribution in [2.75, 3.05) is 37.4 Å². The Morgan fingerprint density at radius 2 is 1.70 bits per heavy atom. The van der Waals surface area contributed by atoms with Crippen molar-refractivity contribution in [3.8, 4) is 11.5 Å². The Labute approximate surface area is 220 Å². The fraction of sp³-hybridized carbons (Fsp3) is 0.481. The zero-order chi connectivity index (χ0) is 27.4. The number of hydrogen-bond donors (Lipinski definition) is 1. The Bertz CT molecular complexity index is 1120. The number of carbonyl (C=O) groups is 2. The van der Waals surface area contributed by atoms with Gasteiger partial charge >= 0.3 is 0 Å². The number of rotatable bonds is 15. The number of methoxy groups -OCH3 is 1. The lowest BCUT2D eigenvalue weighted by Gasteiger charge is -2.33. The minimum Gasteiger partial charge on any atom is -0.497 e. The van der Waals surface area contributed by atoms with Crippen molar-refractivity contribution in [1.29, 1.82) is 0 Å². The molecule has 204 valence electrons. The van der Waals surface area contributed by atoms with E-state index in [0.29, 0.717) is 31.1 Å². The van der Waals surface area contributed by atoms with Crippen LogP contribution in [-0.2, 0) is 26.2 Å².